The van der Waals surface area contributed by atoms with Crippen molar-refractivity contribution in [3.63, 3.8) is 0 Å². The van der Waals surface area contributed by atoms with E-state index >= 15 is 0 Å². The van der Waals surface area contributed by atoms with E-state index in [1.165, 1.54) is 11.8 Å². The summed E-state index contributed by atoms with van der Waals surface area (Å²) in [6.07, 6.45) is 3.45. The Morgan fingerprint density at radius 2 is 1.60 bits per heavy atom. The standard InChI is InChI=1S/C27H27N5O2S/c1-18(2)26(34)29-23-11-9-21(10-12-23)24(33)19(3)35-27-31-30-25(22-13-15-28-16-14-22)32(27)17-20-7-5-4-6-8-20/h4-16,18-19H,17H2,1-3H3,(H,29,34). The lowest BCUT2D eigenvalue weighted by atomic mass is 10.1. The van der Waals surface area contributed by atoms with E-state index in [-0.39, 0.29) is 22.9 Å². The van der Waals surface area contributed by atoms with Gasteiger partial charge in [0.2, 0.25) is 5.91 Å². The first-order valence-electron chi connectivity index (χ1n) is 11.4. The van der Waals surface area contributed by atoms with E-state index in [1.807, 2.05) is 55.7 Å². The summed E-state index contributed by atoms with van der Waals surface area (Å²) in [5, 5.41) is 12.0. The molecule has 1 atom stereocenters. The number of nitrogens with zero attached hydrogens (tertiary/aromatic N) is 4. The van der Waals surface area contributed by atoms with Crippen molar-refractivity contribution in [2.24, 2.45) is 5.92 Å². The average Bonchev–Trinajstić information content (AvgIpc) is 3.26. The molecule has 0 bridgehead atoms. The molecule has 2 aromatic heterocycles. The molecule has 7 nitrogen and oxygen atoms in total. The highest BCUT2D eigenvalue weighted by molar-refractivity contribution is 8.00. The number of thioether (sulfide) groups is 1. The normalized spacial score (nSPS) is 11.9. The van der Waals surface area contributed by atoms with Gasteiger partial charge in [-0.25, -0.2) is 0 Å². The SMILES string of the molecule is CC(C)C(=O)Nc1ccc(C(=O)C(C)Sc2nnc(-c3ccncc3)n2Cc2ccccc2)cc1. The molecule has 0 aliphatic carbocycles. The molecular formula is C27H27N5O2S. The Labute approximate surface area is 209 Å². The average molecular weight is 486 g/mol. The second kappa shape index (κ2) is 11.1. The van der Waals surface area contributed by atoms with Gasteiger partial charge in [-0.1, -0.05) is 55.9 Å². The van der Waals surface area contributed by atoms with Gasteiger partial charge in [0.15, 0.2) is 16.8 Å². The molecule has 178 valence electrons. The van der Waals surface area contributed by atoms with Crippen molar-refractivity contribution in [1.82, 2.24) is 19.7 Å². The third-order valence-electron chi connectivity index (χ3n) is 5.45. The summed E-state index contributed by atoms with van der Waals surface area (Å²) >= 11 is 1.38. The molecule has 0 saturated heterocycles. The highest BCUT2D eigenvalue weighted by Gasteiger charge is 2.22. The molecule has 0 radical (unpaired) electrons. The van der Waals surface area contributed by atoms with Gasteiger partial charge in [-0.15, -0.1) is 10.2 Å². The van der Waals surface area contributed by atoms with E-state index in [1.54, 1.807) is 36.7 Å². The maximum absolute atomic E-state index is 13.2. The summed E-state index contributed by atoms with van der Waals surface area (Å²) in [5.74, 6) is 0.536. The number of anilines is 1. The van der Waals surface area contributed by atoms with Crippen LogP contribution < -0.4 is 5.32 Å². The first-order valence-corrected chi connectivity index (χ1v) is 12.3. The summed E-state index contributed by atoms with van der Waals surface area (Å²) in [6.45, 7) is 6.12. The second-order valence-corrected chi connectivity index (χ2v) is 9.77. The molecule has 35 heavy (non-hydrogen) atoms. The van der Waals surface area contributed by atoms with E-state index in [9.17, 15) is 9.59 Å². The van der Waals surface area contributed by atoms with Crippen molar-refractivity contribution in [2.45, 2.75) is 37.7 Å². The number of Topliss-reactive ketones (excluding diaryl/α,β-unsaturated/α-hetero) is 1. The maximum atomic E-state index is 13.2. The molecule has 4 aromatic rings. The lowest BCUT2D eigenvalue weighted by Gasteiger charge is -2.14. The topological polar surface area (TPSA) is 89.8 Å². The number of ketones is 1. The maximum Gasteiger partial charge on any atom is 0.226 e. The molecule has 8 heteroatoms. The second-order valence-electron chi connectivity index (χ2n) is 8.46. The zero-order valence-electron chi connectivity index (χ0n) is 19.9. The fraction of sp³-hybridized carbons (Fsp3) is 0.222. The minimum Gasteiger partial charge on any atom is -0.326 e. The Balaban J connectivity index is 1.54. The Bertz CT molecular complexity index is 1290. The van der Waals surface area contributed by atoms with Gasteiger partial charge in [0.25, 0.3) is 0 Å². The van der Waals surface area contributed by atoms with Crippen LogP contribution in [0.2, 0.25) is 0 Å². The smallest absolute Gasteiger partial charge is 0.226 e. The fourth-order valence-electron chi connectivity index (χ4n) is 3.45. The summed E-state index contributed by atoms with van der Waals surface area (Å²) in [5.41, 5.74) is 3.27. The lowest BCUT2D eigenvalue weighted by molar-refractivity contribution is -0.118. The number of carbonyl (C=O) groups excluding carboxylic acids is 2. The van der Waals surface area contributed by atoms with Crippen molar-refractivity contribution < 1.29 is 9.59 Å². The van der Waals surface area contributed by atoms with E-state index in [4.69, 9.17) is 0 Å². The number of hydrogen-bond donors (Lipinski definition) is 1. The minimum atomic E-state index is -0.380. The largest absolute Gasteiger partial charge is 0.326 e. The first-order chi connectivity index (χ1) is 16.9. The number of nitrogens with one attached hydrogen (secondary N) is 1. The lowest BCUT2D eigenvalue weighted by Crippen LogP contribution is -2.18. The molecule has 0 spiro atoms. The number of hydrogen-bond acceptors (Lipinski definition) is 6. The van der Waals surface area contributed by atoms with Crippen LogP contribution in [0.3, 0.4) is 0 Å². The van der Waals surface area contributed by atoms with Gasteiger partial charge in [0.05, 0.1) is 11.8 Å². The van der Waals surface area contributed by atoms with Crippen molar-refractivity contribution >= 4 is 29.1 Å². The number of carbonyl (C=O) groups is 2. The predicted molar refractivity (Wildman–Crippen MR) is 138 cm³/mol. The third kappa shape index (κ3) is 6.02. The molecule has 1 N–H and O–H groups in total. The minimum absolute atomic E-state index is 0.0172. The van der Waals surface area contributed by atoms with E-state index in [2.05, 4.69) is 32.6 Å². The van der Waals surface area contributed by atoms with Crippen LogP contribution in [0.1, 0.15) is 36.7 Å². The number of aromatic nitrogens is 4. The van der Waals surface area contributed by atoms with Gasteiger partial charge in [0.1, 0.15) is 0 Å². The summed E-state index contributed by atoms with van der Waals surface area (Å²) in [6, 6.07) is 20.9. The molecule has 1 amide bonds. The van der Waals surface area contributed by atoms with Crippen LogP contribution in [0.5, 0.6) is 0 Å². The summed E-state index contributed by atoms with van der Waals surface area (Å²) in [4.78, 5) is 29.2. The molecule has 4 rings (SSSR count). The molecule has 0 aliphatic rings. The van der Waals surface area contributed by atoms with E-state index in [0.29, 0.717) is 23.0 Å². The van der Waals surface area contributed by atoms with Crippen LogP contribution in [-0.2, 0) is 11.3 Å². The zero-order valence-corrected chi connectivity index (χ0v) is 20.7. The quantitative estimate of drug-likeness (QED) is 0.254. The first kappa shape index (κ1) is 24.3. The van der Waals surface area contributed by atoms with Crippen molar-refractivity contribution in [2.75, 3.05) is 5.32 Å². The highest BCUT2D eigenvalue weighted by Crippen LogP contribution is 2.29. The highest BCUT2D eigenvalue weighted by atomic mass is 32.2. The van der Waals surface area contributed by atoms with Crippen molar-refractivity contribution in [3.8, 4) is 11.4 Å². The van der Waals surface area contributed by atoms with Crippen LogP contribution in [0.25, 0.3) is 11.4 Å². The van der Waals surface area contributed by atoms with Gasteiger partial charge in [-0.05, 0) is 48.9 Å². The molecular weight excluding hydrogens is 458 g/mol. The number of pyridine rings is 1. The van der Waals surface area contributed by atoms with E-state index in [0.717, 1.165) is 17.0 Å². The summed E-state index contributed by atoms with van der Waals surface area (Å²) in [7, 11) is 0. The predicted octanol–water partition coefficient (Wildman–Crippen LogP) is 5.35. The van der Waals surface area contributed by atoms with Crippen LogP contribution in [-0.4, -0.2) is 36.7 Å². The van der Waals surface area contributed by atoms with Gasteiger partial charge in [-0.2, -0.15) is 0 Å². The van der Waals surface area contributed by atoms with Gasteiger partial charge in [0, 0.05) is 35.1 Å². The molecule has 0 saturated carbocycles. The Hall–Kier alpha value is -3.78. The number of amides is 1. The number of benzene rings is 2. The van der Waals surface area contributed by atoms with Crippen LogP contribution in [0.4, 0.5) is 5.69 Å². The molecule has 2 aromatic carbocycles. The Morgan fingerprint density at radius 1 is 0.914 bits per heavy atom. The van der Waals surface area contributed by atoms with Gasteiger partial charge in [-0.3, -0.25) is 19.1 Å². The van der Waals surface area contributed by atoms with Gasteiger partial charge < -0.3 is 5.32 Å². The van der Waals surface area contributed by atoms with Crippen LogP contribution >= 0.6 is 11.8 Å². The fourth-order valence-corrected chi connectivity index (χ4v) is 4.38. The number of rotatable bonds is 9. The summed E-state index contributed by atoms with van der Waals surface area (Å²) < 4.78 is 2.03. The monoisotopic (exact) mass is 485 g/mol. The zero-order chi connectivity index (χ0) is 24.8. The molecule has 1 unspecified atom stereocenters. The third-order valence-corrected chi connectivity index (χ3v) is 6.53. The van der Waals surface area contributed by atoms with Crippen LogP contribution in [0, 0.1) is 5.92 Å². The van der Waals surface area contributed by atoms with E-state index < -0.39 is 0 Å². The van der Waals surface area contributed by atoms with Gasteiger partial charge >= 0.3 is 0 Å². The van der Waals surface area contributed by atoms with Crippen molar-refractivity contribution in [1.29, 1.82) is 0 Å². The Kier molecular flexibility index (Phi) is 7.72. The van der Waals surface area contributed by atoms with Crippen LogP contribution in [0.15, 0.2) is 84.3 Å². The van der Waals surface area contributed by atoms with Crippen molar-refractivity contribution in [3.05, 3.63) is 90.3 Å². The molecule has 0 fully saturated rings. The molecule has 0 aliphatic heterocycles. The molecule has 2 heterocycles. The Morgan fingerprint density at radius 3 is 2.26 bits per heavy atom.